The fraction of sp³-hybridized carbons (Fsp3) is 0.455. The summed E-state index contributed by atoms with van der Waals surface area (Å²) in [6.07, 6.45) is 0. The largest absolute Gasteiger partial charge is 0.493 e. The van der Waals surface area contributed by atoms with Crippen LogP contribution in [0.4, 0.5) is 0 Å². The highest BCUT2D eigenvalue weighted by Crippen LogP contribution is 2.43. The maximum atomic E-state index is 5.71. The van der Waals surface area contributed by atoms with Crippen molar-refractivity contribution in [3.05, 3.63) is 28.2 Å². The lowest BCUT2D eigenvalue weighted by Crippen LogP contribution is -2.28. The minimum Gasteiger partial charge on any atom is -0.493 e. The average molecular weight is 270 g/mol. The van der Waals surface area contributed by atoms with Gasteiger partial charge in [0.15, 0.2) is 0 Å². The molecule has 80 valence electrons. The van der Waals surface area contributed by atoms with Crippen molar-refractivity contribution in [3.63, 3.8) is 0 Å². The smallest absolute Gasteiger partial charge is 0.124 e. The van der Waals surface area contributed by atoms with Crippen LogP contribution in [0.1, 0.15) is 11.6 Å². The Morgan fingerprint density at radius 1 is 1.40 bits per heavy atom. The quantitative estimate of drug-likeness (QED) is 0.722. The van der Waals surface area contributed by atoms with Gasteiger partial charge in [-0.3, -0.25) is 4.84 Å². The van der Waals surface area contributed by atoms with E-state index in [-0.39, 0.29) is 0 Å². The molecule has 0 radical (unpaired) electrons. The minimum absolute atomic E-state index is 0.339. The number of benzene rings is 1. The van der Waals surface area contributed by atoms with Crippen molar-refractivity contribution >= 4 is 15.9 Å². The standard InChI is InChI=1S/C11H12BrNO2/c1-13-11-7(6-15-13)5-14-10-3-2-8(12)4-9(10)11/h2-4,7,11H,5-6H2,1H3/t7-,11+/m0/s1. The topological polar surface area (TPSA) is 21.7 Å². The van der Waals surface area contributed by atoms with Crippen molar-refractivity contribution in [2.45, 2.75) is 6.04 Å². The first-order valence-electron chi connectivity index (χ1n) is 5.03. The van der Waals surface area contributed by atoms with Gasteiger partial charge in [-0.2, -0.15) is 5.06 Å². The van der Waals surface area contributed by atoms with E-state index in [0.717, 1.165) is 23.4 Å². The highest BCUT2D eigenvalue weighted by Gasteiger charge is 2.39. The molecule has 1 aromatic carbocycles. The van der Waals surface area contributed by atoms with Crippen LogP contribution < -0.4 is 4.74 Å². The Kier molecular flexibility index (Phi) is 2.23. The Morgan fingerprint density at radius 2 is 2.27 bits per heavy atom. The number of halogens is 1. The summed E-state index contributed by atoms with van der Waals surface area (Å²) in [6.45, 7) is 1.51. The monoisotopic (exact) mass is 269 g/mol. The highest BCUT2D eigenvalue weighted by molar-refractivity contribution is 9.10. The third-order valence-corrected chi connectivity index (χ3v) is 3.57. The van der Waals surface area contributed by atoms with Gasteiger partial charge in [-0.25, -0.2) is 0 Å². The Labute approximate surface area is 97.1 Å². The van der Waals surface area contributed by atoms with E-state index in [1.54, 1.807) is 0 Å². The summed E-state index contributed by atoms with van der Waals surface area (Å²) >= 11 is 3.49. The number of fused-ring (bicyclic) bond motifs is 3. The first-order valence-corrected chi connectivity index (χ1v) is 5.83. The second-order valence-corrected chi connectivity index (χ2v) is 4.96. The second kappa shape index (κ2) is 3.47. The summed E-state index contributed by atoms with van der Waals surface area (Å²) in [5.74, 6) is 1.44. The van der Waals surface area contributed by atoms with Crippen LogP contribution in [0.25, 0.3) is 0 Å². The fourth-order valence-electron chi connectivity index (χ4n) is 2.35. The van der Waals surface area contributed by atoms with E-state index in [0.29, 0.717) is 12.0 Å². The molecule has 3 rings (SSSR count). The third-order valence-electron chi connectivity index (χ3n) is 3.07. The summed E-state index contributed by atoms with van der Waals surface area (Å²) in [5.41, 5.74) is 1.22. The molecule has 1 aromatic rings. The molecule has 0 unspecified atom stereocenters. The van der Waals surface area contributed by atoms with Crippen LogP contribution in [0.5, 0.6) is 5.75 Å². The van der Waals surface area contributed by atoms with Gasteiger partial charge in [-0.05, 0) is 18.2 Å². The summed E-state index contributed by atoms with van der Waals surface area (Å²) in [4.78, 5) is 5.53. The van der Waals surface area contributed by atoms with Gasteiger partial charge in [0.05, 0.1) is 19.3 Å². The van der Waals surface area contributed by atoms with E-state index in [4.69, 9.17) is 9.57 Å². The molecule has 0 bridgehead atoms. The van der Waals surface area contributed by atoms with Gasteiger partial charge >= 0.3 is 0 Å². The predicted octanol–water partition coefficient (Wildman–Crippen LogP) is 2.38. The Morgan fingerprint density at radius 3 is 3.13 bits per heavy atom. The lowest BCUT2D eigenvalue weighted by molar-refractivity contribution is -0.111. The molecule has 4 heteroatoms. The molecule has 0 aromatic heterocycles. The van der Waals surface area contributed by atoms with Crippen molar-refractivity contribution < 1.29 is 9.57 Å². The maximum Gasteiger partial charge on any atom is 0.124 e. The van der Waals surface area contributed by atoms with Gasteiger partial charge in [0.2, 0.25) is 0 Å². The molecular weight excluding hydrogens is 258 g/mol. The Hall–Kier alpha value is -0.580. The van der Waals surface area contributed by atoms with Crippen LogP contribution in [0.2, 0.25) is 0 Å². The highest BCUT2D eigenvalue weighted by atomic mass is 79.9. The molecule has 0 N–H and O–H groups in total. The molecule has 0 aliphatic carbocycles. The van der Waals surface area contributed by atoms with Crippen molar-refractivity contribution in [2.24, 2.45) is 5.92 Å². The minimum atomic E-state index is 0.339. The zero-order chi connectivity index (χ0) is 10.4. The van der Waals surface area contributed by atoms with E-state index >= 15 is 0 Å². The van der Waals surface area contributed by atoms with Crippen LogP contribution in [-0.2, 0) is 4.84 Å². The molecule has 2 aliphatic rings. The molecule has 0 spiro atoms. The van der Waals surface area contributed by atoms with Gasteiger partial charge in [0.1, 0.15) is 5.75 Å². The van der Waals surface area contributed by atoms with Gasteiger partial charge in [0, 0.05) is 23.0 Å². The number of hydrogen-bond acceptors (Lipinski definition) is 3. The first kappa shape index (κ1) is 9.63. The fourth-order valence-corrected chi connectivity index (χ4v) is 2.73. The zero-order valence-electron chi connectivity index (χ0n) is 8.44. The lowest BCUT2D eigenvalue weighted by atomic mass is 9.92. The molecule has 2 aliphatic heterocycles. The summed E-state index contributed by atoms with van der Waals surface area (Å²) < 4.78 is 6.80. The van der Waals surface area contributed by atoms with Gasteiger partial charge in [-0.1, -0.05) is 15.9 Å². The summed E-state index contributed by atoms with van der Waals surface area (Å²) in [6, 6.07) is 6.49. The Bertz CT molecular complexity index is 396. The van der Waals surface area contributed by atoms with Crippen molar-refractivity contribution in [2.75, 3.05) is 20.3 Å². The molecular formula is C11H12BrNO2. The first-order chi connectivity index (χ1) is 7.25. The van der Waals surface area contributed by atoms with E-state index < -0.39 is 0 Å². The zero-order valence-corrected chi connectivity index (χ0v) is 10.0. The van der Waals surface area contributed by atoms with E-state index in [9.17, 15) is 0 Å². The van der Waals surface area contributed by atoms with Crippen LogP contribution in [0.15, 0.2) is 22.7 Å². The molecule has 15 heavy (non-hydrogen) atoms. The van der Waals surface area contributed by atoms with Crippen LogP contribution in [0.3, 0.4) is 0 Å². The maximum absolute atomic E-state index is 5.71. The molecule has 1 fully saturated rings. The molecule has 1 saturated heterocycles. The van der Waals surface area contributed by atoms with E-state index in [1.807, 2.05) is 24.2 Å². The van der Waals surface area contributed by atoms with Crippen molar-refractivity contribution in [1.29, 1.82) is 0 Å². The number of nitrogens with zero attached hydrogens (tertiary/aromatic N) is 1. The van der Waals surface area contributed by atoms with E-state index in [2.05, 4.69) is 22.0 Å². The Balaban J connectivity index is 2.08. The van der Waals surface area contributed by atoms with E-state index in [1.165, 1.54) is 5.56 Å². The number of hydroxylamine groups is 2. The third kappa shape index (κ3) is 1.48. The molecule has 2 heterocycles. The molecule has 2 atom stereocenters. The van der Waals surface area contributed by atoms with Gasteiger partial charge < -0.3 is 4.74 Å². The van der Waals surface area contributed by atoms with Gasteiger partial charge in [-0.15, -0.1) is 0 Å². The predicted molar refractivity (Wildman–Crippen MR) is 59.6 cm³/mol. The second-order valence-electron chi connectivity index (χ2n) is 4.04. The van der Waals surface area contributed by atoms with Crippen molar-refractivity contribution in [3.8, 4) is 5.75 Å². The number of hydrogen-bond donors (Lipinski definition) is 0. The lowest BCUT2D eigenvalue weighted by Gasteiger charge is -2.29. The number of rotatable bonds is 0. The van der Waals surface area contributed by atoms with Crippen LogP contribution >= 0.6 is 15.9 Å². The molecule has 0 amide bonds. The normalized spacial score (nSPS) is 29.5. The van der Waals surface area contributed by atoms with Crippen LogP contribution in [-0.4, -0.2) is 25.3 Å². The summed E-state index contributed by atoms with van der Waals surface area (Å²) in [7, 11) is 1.99. The SMILES string of the molecule is CN1OC[C@@H]2COc3ccc(Br)cc3[C@@H]21. The summed E-state index contributed by atoms with van der Waals surface area (Å²) in [5, 5.41) is 1.94. The van der Waals surface area contributed by atoms with Crippen LogP contribution in [0, 0.1) is 5.92 Å². The molecule has 3 nitrogen and oxygen atoms in total. The molecule has 0 saturated carbocycles. The number of ether oxygens (including phenoxy) is 1. The van der Waals surface area contributed by atoms with Crippen molar-refractivity contribution in [1.82, 2.24) is 5.06 Å². The van der Waals surface area contributed by atoms with Gasteiger partial charge in [0.25, 0.3) is 0 Å². The average Bonchev–Trinajstić information content (AvgIpc) is 2.60.